The summed E-state index contributed by atoms with van der Waals surface area (Å²) in [5.74, 6) is -1.35. The topological polar surface area (TPSA) is 178 Å². The molecule has 4 atom stereocenters. The Morgan fingerprint density at radius 1 is 1.24 bits per heavy atom. The van der Waals surface area contributed by atoms with Crippen LogP contribution in [0, 0.1) is 0 Å². The van der Waals surface area contributed by atoms with E-state index in [9.17, 15) is 18.0 Å². The molecule has 1 fully saturated rings. The van der Waals surface area contributed by atoms with Gasteiger partial charge in [-0.3, -0.25) is 14.2 Å². The number of hydrogen-bond donors (Lipinski definition) is 2. The number of nitrogens with one attached hydrogen (secondary N) is 1. The summed E-state index contributed by atoms with van der Waals surface area (Å²) >= 11 is 6.01. The first kappa shape index (κ1) is 21.3. The predicted octanol–water partition coefficient (Wildman–Crippen LogP) is -0.966. The first-order valence-corrected chi connectivity index (χ1v) is 10.1. The SMILES string of the molecule is CC(=O)OC1[C@H](n2cnc3c(Cl)ncnc32)O[C@H](CNS(N)(=O)=O)[C@H]1OC(C)=O. The Morgan fingerprint density at radius 3 is 2.52 bits per heavy atom. The number of ether oxygens (including phenoxy) is 3. The van der Waals surface area contributed by atoms with Crippen LogP contribution < -0.4 is 9.86 Å². The molecule has 15 heteroatoms. The smallest absolute Gasteiger partial charge is 0.303 e. The van der Waals surface area contributed by atoms with E-state index >= 15 is 0 Å². The van der Waals surface area contributed by atoms with E-state index in [0.717, 1.165) is 6.92 Å². The third-order valence-corrected chi connectivity index (χ3v) is 4.81. The van der Waals surface area contributed by atoms with Crippen molar-refractivity contribution in [3.05, 3.63) is 17.8 Å². The second-order valence-electron chi connectivity index (χ2n) is 6.10. The lowest BCUT2D eigenvalue weighted by atomic mass is 10.1. The number of aromatic nitrogens is 4. The van der Waals surface area contributed by atoms with Crippen LogP contribution in [0.15, 0.2) is 12.7 Å². The summed E-state index contributed by atoms with van der Waals surface area (Å²) in [4.78, 5) is 35.3. The zero-order valence-electron chi connectivity index (χ0n) is 15.2. The van der Waals surface area contributed by atoms with Gasteiger partial charge in [0.1, 0.15) is 17.9 Å². The number of hydrogen-bond acceptors (Lipinski definition) is 10. The lowest BCUT2D eigenvalue weighted by Crippen LogP contribution is -2.44. The highest BCUT2D eigenvalue weighted by atomic mass is 35.5. The van der Waals surface area contributed by atoms with Gasteiger partial charge >= 0.3 is 11.9 Å². The minimum atomic E-state index is -4.05. The van der Waals surface area contributed by atoms with Gasteiger partial charge in [-0.15, -0.1) is 0 Å². The van der Waals surface area contributed by atoms with Gasteiger partial charge in [0.05, 0.1) is 6.33 Å². The van der Waals surface area contributed by atoms with Gasteiger partial charge in [-0.05, 0) is 0 Å². The summed E-state index contributed by atoms with van der Waals surface area (Å²) in [6.07, 6.45) is -1.79. The number of rotatable bonds is 6. The molecule has 0 saturated carbocycles. The van der Waals surface area contributed by atoms with Crippen LogP contribution in [0.2, 0.25) is 5.15 Å². The minimum absolute atomic E-state index is 0.0970. The Labute approximate surface area is 169 Å². The van der Waals surface area contributed by atoms with Crippen LogP contribution in [0.1, 0.15) is 20.1 Å². The van der Waals surface area contributed by atoms with Crippen molar-refractivity contribution in [3.8, 4) is 0 Å². The van der Waals surface area contributed by atoms with E-state index in [1.165, 1.54) is 24.1 Å². The van der Waals surface area contributed by atoms with E-state index in [2.05, 4.69) is 19.7 Å². The van der Waals surface area contributed by atoms with Crippen molar-refractivity contribution in [2.24, 2.45) is 5.14 Å². The lowest BCUT2D eigenvalue weighted by molar-refractivity contribution is -0.165. The Balaban J connectivity index is 2.02. The maximum atomic E-state index is 11.7. The molecule has 3 rings (SSSR count). The van der Waals surface area contributed by atoms with Gasteiger partial charge in [0.15, 0.2) is 29.2 Å². The highest BCUT2D eigenvalue weighted by molar-refractivity contribution is 7.87. The fourth-order valence-electron chi connectivity index (χ4n) is 2.96. The first-order chi connectivity index (χ1) is 13.6. The molecule has 2 aromatic rings. The molecule has 3 N–H and O–H groups in total. The number of imidazole rings is 1. The molecular weight excluding hydrogens is 432 g/mol. The number of carbonyl (C=O) groups is 2. The number of halogens is 1. The highest BCUT2D eigenvalue weighted by Crippen LogP contribution is 2.36. The summed E-state index contributed by atoms with van der Waals surface area (Å²) in [7, 11) is -4.05. The van der Waals surface area contributed by atoms with Crippen LogP contribution in [0.4, 0.5) is 0 Å². The van der Waals surface area contributed by atoms with E-state index in [-0.39, 0.29) is 22.9 Å². The van der Waals surface area contributed by atoms with Gasteiger partial charge in [0.25, 0.3) is 10.2 Å². The van der Waals surface area contributed by atoms with Crippen LogP contribution in [-0.2, 0) is 34.0 Å². The Bertz CT molecular complexity index is 1040. The monoisotopic (exact) mass is 448 g/mol. The van der Waals surface area contributed by atoms with Gasteiger partial charge in [-0.25, -0.2) is 20.1 Å². The summed E-state index contributed by atoms with van der Waals surface area (Å²) in [5, 5.41) is 5.06. The summed E-state index contributed by atoms with van der Waals surface area (Å²) in [6.45, 7) is 1.98. The number of fused-ring (bicyclic) bond motifs is 1. The molecule has 29 heavy (non-hydrogen) atoms. The minimum Gasteiger partial charge on any atom is -0.456 e. The molecule has 1 saturated heterocycles. The molecule has 2 aromatic heterocycles. The molecule has 1 aliphatic rings. The molecular formula is C14H17ClN6O7S. The normalized spacial score (nSPS) is 24.6. The fraction of sp³-hybridized carbons (Fsp3) is 0.500. The number of esters is 2. The molecule has 0 aromatic carbocycles. The molecule has 1 unspecified atom stereocenters. The second kappa shape index (κ2) is 8.16. The molecule has 0 spiro atoms. The van der Waals surface area contributed by atoms with E-state index in [1.54, 1.807) is 0 Å². The number of carbonyl (C=O) groups excluding carboxylic acids is 2. The predicted molar refractivity (Wildman–Crippen MR) is 96.5 cm³/mol. The number of nitrogens with two attached hydrogens (primary N) is 1. The molecule has 3 heterocycles. The molecule has 13 nitrogen and oxygen atoms in total. The number of nitrogens with zero attached hydrogens (tertiary/aromatic N) is 4. The van der Waals surface area contributed by atoms with Crippen LogP contribution in [-0.4, -0.2) is 64.7 Å². The van der Waals surface area contributed by atoms with E-state index in [1.807, 2.05) is 0 Å². The van der Waals surface area contributed by atoms with Crippen LogP contribution in [0.25, 0.3) is 11.2 Å². The van der Waals surface area contributed by atoms with Crippen molar-refractivity contribution < 1.29 is 32.2 Å². The molecule has 0 amide bonds. The largest absolute Gasteiger partial charge is 0.456 e. The zero-order valence-corrected chi connectivity index (χ0v) is 16.8. The Morgan fingerprint density at radius 2 is 1.90 bits per heavy atom. The van der Waals surface area contributed by atoms with Crippen molar-refractivity contribution in [2.75, 3.05) is 6.54 Å². The van der Waals surface area contributed by atoms with Gasteiger partial charge in [-0.1, -0.05) is 11.6 Å². The van der Waals surface area contributed by atoms with Crippen LogP contribution in [0.3, 0.4) is 0 Å². The average molecular weight is 449 g/mol. The van der Waals surface area contributed by atoms with Crippen molar-refractivity contribution in [1.29, 1.82) is 0 Å². The van der Waals surface area contributed by atoms with Crippen molar-refractivity contribution in [2.45, 2.75) is 38.4 Å². The molecule has 158 valence electrons. The Kier molecular flexibility index (Phi) is 6.00. The summed E-state index contributed by atoms with van der Waals surface area (Å²) < 4.78 is 42.5. The van der Waals surface area contributed by atoms with Crippen molar-refractivity contribution in [1.82, 2.24) is 24.2 Å². The van der Waals surface area contributed by atoms with Crippen molar-refractivity contribution >= 4 is 44.9 Å². The second-order valence-corrected chi connectivity index (χ2v) is 7.83. The zero-order chi connectivity index (χ0) is 21.3. The van der Waals surface area contributed by atoms with Gasteiger partial charge in [0, 0.05) is 20.4 Å². The van der Waals surface area contributed by atoms with Crippen molar-refractivity contribution in [3.63, 3.8) is 0 Å². The van der Waals surface area contributed by atoms with Gasteiger partial charge < -0.3 is 14.2 Å². The highest BCUT2D eigenvalue weighted by Gasteiger charge is 2.50. The van der Waals surface area contributed by atoms with E-state index < -0.39 is 46.7 Å². The van der Waals surface area contributed by atoms with E-state index in [4.69, 9.17) is 31.0 Å². The quantitative estimate of drug-likeness (QED) is 0.412. The summed E-state index contributed by atoms with van der Waals surface area (Å²) in [6, 6.07) is 0. The molecule has 0 radical (unpaired) electrons. The Hall–Kier alpha value is -2.39. The van der Waals surface area contributed by atoms with Crippen LogP contribution in [0.5, 0.6) is 0 Å². The standard InChI is InChI=1S/C14H17ClN6O7S/c1-6(22)26-10-8(3-20-29(16,24)25)28-14(11(10)27-7(2)23)21-5-19-9-12(15)17-4-18-13(9)21/h4-5,8,10-11,14,20H,3H2,1-2H3,(H2,16,24,25)/t8-,10-,11?,14-/m1/s1. The van der Waals surface area contributed by atoms with Crippen LogP contribution >= 0.6 is 11.6 Å². The lowest BCUT2D eigenvalue weighted by Gasteiger charge is -2.23. The first-order valence-electron chi connectivity index (χ1n) is 8.17. The fourth-order valence-corrected chi connectivity index (χ4v) is 3.53. The molecule has 0 aliphatic carbocycles. The molecule has 0 bridgehead atoms. The third kappa shape index (κ3) is 4.79. The van der Waals surface area contributed by atoms with E-state index in [0.29, 0.717) is 0 Å². The van der Waals surface area contributed by atoms with Gasteiger partial charge in [-0.2, -0.15) is 13.1 Å². The summed E-state index contributed by atoms with van der Waals surface area (Å²) in [5.41, 5.74) is 0.545. The van der Waals surface area contributed by atoms with Gasteiger partial charge in [0.2, 0.25) is 0 Å². The molecule has 1 aliphatic heterocycles. The third-order valence-electron chi connectivity index (χ3n) is 3.96. The maximum Gasteiger partial charge on any atom is 0.303 e. The average Bonchev–Trinajstić information content (AvgIpc) is 3.15. The maximum absolute atomic E-state index is 11.7.